The number of methoxy groups -OCH3 is 1. The number of hydrogen-bond donors (Lipinski definition) is 2. The highest BCUT2D eigenvalue weighted by Crippen LogP contribution is 2.27. The van der Waals surface area contributed by atoms with Crippen LogP contribution in [0.1, 0.15) is 13.8 Å². The van der Waals surface area contributed by atoms with Crippen LogP contribution in [0.3, 0.4) is 0 Å². The Morgan fingerprint density at radius 3 is 2.21 bits per heavy atom. The Morgan fingerprint density at radius 1 is 0.958 bits per heavy atom. The van der Waals surface area contributed by atoms with Crippen molar-refractivity contribution in [1.29, 1.82) is 0 Å². The van der Waals surface area contributed by atoms with Crippen molar-refractivity contribution in [1.82, 2.24) is 0 Å². The van der Waals surface area contributed by atoms with Gasteiger partial charge in [0.2, 0.25) is 5.91 Å². The lowest BCUT2D eigenvalue weighted by Gasteiger charge is -2.17. The smallest absolute Gasteiger partial charge is 0.265 e. The molecule has 0 heterocycles. The Balaban J connectivity index is 2.02. The Morgan fingerprint density at radius 2 is 1.58 bits per heavy atom. The van der Waals surface area contributed by atoms with Crippen molar-refractivity contribution in [3.63, 3.8) is 0 Å². The predicted octanol–water partition coefficient (Wildman–Crippen LogP) is 3.06. The maximum absolute atomic E-state index is 12.3. The molecular weight excluding hydrogens is 308 g/mol. The van der Waals surface area contributed by atoms with Gasteiger partial charge >= 0.3 is 0 Å². The summed E-state index contributed by atoms with van der Waals surface area (Å²) in [7, 11) is 1.54. The van der Waals surface area contributed by atoms with Crippen molar-refractivity contribution < 1.29 is 19.1 Å². The summed E-state index contributed by atoms with van der Waals surface area (Å²) < 4.78 is 10.9. The maximum atomic E-state index is 12.3. The second-order valence-corrected chi connectivity index (χ2v) is 5.16. The molecule has 2 rings (SSSR count). The van der Waals surface area contributed by atoms with Gasteiger partial charge < -0.3 is 20.1 Å². The molecule has 0 aliphatic heterocycles. The lowest BCUT2D eigenvalue weighted by molar-refractivity contribution is -0.122. The van der Waals surface area contributed by atoms with Gasteiger partial charge in [0.15, 0.2) is 17.6 Å². The molecule has 2 aromatic carbocycles. The zero-order valence-corrected chi connectivity index (χ0v) is 13.8. The van der Waals surface area contributed by atoms with Gasteiger partial charge in [-0.25, -0.2) is 0 Å². The van der Waals surface area contributed by atoms with Crippen LogP contribution >= 0.6 is 0 Å². The third-order valence-electron chi connectivity index (χ3n) is 3.19. The summed E-state index contributed by atoms with van der Waals surface area (Å²) in [6.45, 7) is 3.08. The van der Waals surface area contributed by atoms with Gasteiger partial charge in [-0.15, -0.1) is 0 Å². The van der Waals surface area contributed by atoms with Crippen molar-refractivity contribution >= 4 is 23.2 Å². The van der Waals surface area contributed by atoms with E-state index in [1.54, 1.807) is 56.5 Å². The van der Waals surface area contributed by atoms with E-state index in [1.165, 1.54) is 6.92 Å². The van der Waals surface area contributed by atoms with Crippen molar-refractivity contribution in [2.45, 2.75) is 20.0 Å². The molecule has 0 saturated heterocycles. The Labute approximate surface area is 140 Å². The van der Waals surface area contributed by atoms with Gasteiger partial charge in [-0.2, -0.15) is 0 Å². The molecule has 2 aromatic rings. The van der Waals surface area contributed by atoms with Crippen molar-refractivity contribution in [3.8, 4) is 11.5 Å². The van der Waals surface area contributed by atoms with Crippen LogP contribution in [0.5, 0.6) is 11.5 Å². The molecular formula is C18H20N2O4. The van der Waals surface area contributed by atoms with Gasteiger partial charge in [-0.05, 0) is 37.3 Å². The Bertz CT molecular complexity index is 730. The number of amides is 2. The Hall–Kier alpha value is -3.02. The van der Waals surface area contributed by atoms with E-state index in [4.69, 9.17) is 9.47 Å². The first-order valence-corrected chi connectivity index (χ1v) is 7.48. The topological polar surface area (TPSA) is 76.7 Å². The molecule has 0 fully saturated rings. The minimum Gasteiger partial charge on any atom is -0.493 e. The predicted molar refractivity (Wildman–Crippen MR) is 92.5 cm³/mol. The lowest BCUT2D eigenvalue weighted by Crippen LogP contribution is -2.30. The van der Waals surface area contributed by atoms with Crippen LogP contribution in [0.2, 0.25) is 0 Å². The van der Waals surface area contributed by atoms with Gasteiger partial charge in [0.1, 0.15) is 0 Å². The third-order valence-corrected chi connectivity index (χ3v) is 3.19. The van der Waals surface area contributed by atoms with Gasteiger partial charge in [0.05, 0.1) is 7.11 Å². The monoisotopic (exact) mass is 328 g/mol. The molecule has 0 bridgehead atoms. The summed E-state index contributed by atoms with van der Waals surface area (Å²) in [6, 6.07) is 14.0. The van der Waals surface area contributed by atoms with Gasteiger partial charge in [-0.3, -0.25) is 9.59 Å². The van der Waals surface area contributed by atoms with E-state index in [-0.39, 0.29) is 11.8 Å². The molecule has 0 spiro atoms. The molecule has 2 amide bonds. The highest BCUT2D eigenvalue weighted by Gasteiger charge is 2.17. The first-order chi connectivity index (χ1) is 11.5. The minimum absolute atomic E-state index is 0.175. The number of rotatable bonds is 6. The molecule has 0 radical (unpaired) electrons. The fourth-order valence-corrected chi connectivity index (χ4v) is 2.08. The molecule has 0 aromatic heterocycles. The molecule has 1 atom stereocenters. The summed E-state index contributed by atoms with van der Waals surface area (Å²) in [5.74, 6) is 0.576. The number of hydrogen-bond acceptors (Lipinski definition) is 4. The summed E-state index contributed by atoms with van der Waals surface area (Å²) in [5.41, 5.74) is 1.18. The first kappa shape index (κ1) is 17.3. The average Bonchev–Trinajstić information content (AvgIpc) is 2.55. The summed E-state index contributed by atoms with van der Waals surface area (Å²) >= 11 is 0. The van der Waals surface area contributed by atoms with Crippen LogP contribution < -0.4 is 20.1 Å². The van der Waals surface area contributed by atoms with E-state index in [1.807, 2.05) is 6.07 Å². The van der Waals surface area contributed by atoms with Gasteiger partial charge in [0.25, 0.3) is 5.91 Å². The van der Waals surface area contributed by atoms with E-state index >= 15 is 0 Å². The van der Waals surface area contributed by atoms with E-state index in [9.17, 15) is 9.59 Å². The quantitative estimate of drug-likeness (QED) is 0.854. The first-order valence-electron chi connectivity index (χ1n) is 7.48. The number of carbonyl (C=O) groups is 2. The maximum Gasteiger partial charge on any atom is 0.265 e. The van der Waals surface area contributed by atoms with Crippen LogP contribution in [0.25, 0.3) is 0 Å². The molecule has 6 nitrogen and oxygen atoms in total. The number of benzene rings is 2. The normalized spacial score (nSPS) is 11.3. The molecule has 0 saturated carbocycles. The molecule has 2 N–H and O–H groups in total. The van der Waals surface area contributed by atoms with Crippen molar-refractivity contribution in [3.05, 3.63) is 48.5 Å². The molecule has 6 heteroatoms. The second kappa shape index (κ2) is 8.01. The highest BCUT2D eigenvalue weighted by atomic mass is 16.5. The van der Waals surface area contributed by atoms with Crippen LogP contribution in [-0.4, -0.2) is 25.0 Å². The number of ether oxygens (including phenoxy) is 2. The summed E-state index contributed by atoms with van der Waals surface area (Å²) in [5, 5.41) is 5.42. The molecule has 126 valence electrons. The van der Waals surface area contributed by atoms with Crippen LogP contribution in [0.4, 0.5) is 11.4 Å². The van der Waals surface area contributed by atoms with Crippen molar-refractivity contribution in [2.24, 2.45) is 0 Å². The highest BCUT2D eigenvalue weighted by molar-refractivity contribution is 5.95. The number of anilines is 2. The third kappa shape index (κ3) is 4.74. The standard InChI is InChI=1S/C18H20N2O4/c1-12(24-17-10-5-4-9-16(17)23-3)18(22)20-15-8-6-7-14(11-15)19-13(2)21/h4-12H,1-3H3,(H,19,21)(H,20,22)/t12-/m1/s1. The summed E-state index contributed by atoms with van der Waals surface area (Å²) in [4.78, 5) is 23.4. The van der Waals surface area contributed by atoms with Crippen LogP contribution in [0.15, 0.2) is 48.5 Å². The fraction of sp³-hybridized carbons (Fsp3) is 0.222. The van der Waals surface area contributed by atoms with Crippen LogP contribution in [0, 0.1) is 0 Å². The van der Waals surface area contributed by atoms with E-state index < -0.39 is 6.10 Å². The van der Waals surface area contributed by atoms with Gasteiger partial charge in [-0.1, -0.05) is 18.2 Å². The second-order valence-electron chi connectivity index (χ2n) is 5.16. The fourth-order valence-electron chi connectivity index (χ4n) is 2.08. The zero-order chi connectivity index (χ0) is 17.5. The average molecular weight is 328 g/mol. The van der Waals surface area contributed by atoms with E-state index in [0.29, 0.717) is 22.9 Å². The number of nitrogens with one attached hydrogen (secondary N) is 2. The molecule has 0 unspecified atom stereocenters. The number of carbonyl (C=O) groups excluding carboxylic acids is 2. The van der Waals surface area contributed by atoms with E-state index in [2.05, 4.69) is 10.6 Å². The SMILES string of the molecule is COc1ccccc1O[C@H](C)C(=O)Nc1cccc(NC(C)=O)c1. The van der Waals surface area contributed by atoms with Crippen LogP contribution in [-0.2, 0) is 9.59 Å². The Kier molecular flexibility index (Phi) is 5.78. The van der Waals surface area contributed by atoms with Crippen molar-refractivity contribution in [2.75, 3.05) is 17.7 Å². The molecule has 0 aliphatic carbocycles. The molecule has 24 heavy (non-hydrogen) atoms. The van der Waals surface area contributed by atoms with E-state index in [0.717, 1.165) is 0 Å². The lowest BCUT2D eigenvalue weighted by atomic mass is 10.2. The zero-order valence-electron chi connectivity index (χ0n) is 13.8. The number of para-hydroxylation sites is 2. The van der Waals surface area contributed by atoms with Gasteiger partial charge in [0, 0.05) is 18.3 Å². The molecule has 0 aliphatic rings. The minimum atomic E-state index is -0.717. The summed E-state index contributed by atoms with van der Waals surface area (Å²) in [6.07, 6.45) is -0.717. The largest absolute Gasteiger partial charge is 0.493 e.